The van der Waals surface area contributed by atoms with Gasteiger partial charge in [-0.1, -0.05) is 0 Å². The van der Waals surface area contributed by atoms with Crippen molar-refractivity contribution in [2.24, 2.45) is 0 Å². The molecule has 2 atom stereocenters. The summed E-state index contributed by atoms with van der Waals surface area (Å²) in [5.74, 6) is 0.638. The van der Waals surface area contributed by atoms with E-state index in [2.05, 4.69) is 25.3 Å². The smallest absolute Gasteiger partial charge is 0.252 e. The molecule has 0 spiro atoms. The van der Waals surface area contributed by atoms with Crippen molar-refractivity contribution in [1.82, 2.24) is 29.8 Å². The highest BCUT2D eigenvalue weighted by Crippen LogP contribution is 2.16. The van der Waals surface area contributed by atoms with Gasteiger partial charge in [-0.25, -0.2) is 9.50 Å². The molecule has 1 amide bonds. The van der Waals surface area contributed by atoms with Crippen LogP contribution in [0.3, 0.4) is 0 Å². The molecule has 136 valence electrons. The minimum absolute atomic E-state index is 0.0440. The third-order valence-corrected chi connectivity index (χ3v) is 4.77. The molecule has 1 aliphatic rings. The number of likely N-dealkylation sites (N-methyl/N-ethyl adjacent to an activating group) is 1. The normalized spacial score (nSPS) is 21.1. The molecule has 0 aromatic carbocycles. The summed E-state index contributed by atoms with van der Waals surface area (Å²) >= 11 is 0. The molecular weight excluding hydrogens is 320 g/mol. The highest BCUT2D eigenvalue weighted by Gasteiger charge is 2.32. The van der Waals surface area contributed by atoms with E-state index in [0.717, 1.165) is 30.0 Å². The molecule has 25 heavy (non-hydrogen) atoms. The molecule has 0 radical (unpaired) electrons. The molecule has 3 heterocycles. The maximum absolute atomic E-state index is 12.4. The van der Waals surface area contributed by atoms with Gasteiger partial charge in [-0.05, 0) is 39.8 Å². The number of rotatable bonds is 6. The highest BCUT2D eigenvalue weighted by molar-refractivity contribution is 5.76. The van der Waals surface area contributed by atoms with E-state index in [1.165, 1.54) is 6.33 Å². The third-order valence-electron chi connectivity index (χ3n) is 4.77. The van der Waals surface area contributed by atoms with Crippen LogP contribution in [0.1, 0.15) is 30.3 Å². The summed E-state index contributed by atoms with van der Waals surface area (Å²) in [5, 5.41) is 7.31. The molecular formula is C17H26N6O2. The van der Waals surface area contributed by atoms with Gasteiger partial charge in [-0.3, -0.25) is 4.79 Å². The topological polar surface area (TPSA) is 84.6 Å². The Morgan fingerprint density at radius 3 is 2.96 bits per heavy atom. The monoisotopic (exact) mass is 346 g/mol. The second-order valence-corrected chi connectivity index (χ2v) is 6.62. The first-order valence-corrected chi connectivity index (χ1v) is 8.75. The summed E-state index contributed by atoms with van der Waals surface area (Å²) in [6.07, 6.45) is 2.61. The first-order chi connectivity index (χ1) is 12.0. The highest BCUT2D eigenvalue weighted by atomic mass is 16.5. The van der Waals surface area contributed by atoms with E-state index in [4.69, 9.17) is 4.74 Å². The fraction of sp³-hybridized carbons (Fsp3) is 0.647. The zero-order chi connectivity index (χ0) is 18.0. The maximum atomic E-state index is 12.4. The van der Waals surface area contributed by atoms with Crippen LogP contribution in [0.15, 0.2) is 6.33 Å². The lowest BCUT2D eigenvalue weighted by Gasteiger charge is -2.20. The Morgan fingerprint density at radius 1 is 1.40 bits per heavy atom. The van der Waals surface area contributed by atoms with Gasteiger partial charge in [0, 0.05) is 37.5 Å². The second kappa shape index (κ2) is 7.45. The summed E-state index contributed by atoms with van der Waals surface area (Å²) < 4.78 is 7.46. The van der Waals surface area contributed by atoms with Crippen molar-refractivity contribution in [2.75, 3.05) is 26.7 Å². The molecule has 2 aromatic rings. The minimum atomic E-state index is 0.0440. The average molecular weight is 346 g/mol. The standard InChI is InChI=1S/C17H26N6O2/c1-5-25-15-9-22(4)8-14(15)21-16(24)7-6-13-11(2)20-17-18-10-19-23(17)12(13)3/h10,14-15H,5-9H2,1-4H3,(H,21,24)/t14-,15-/m0/s1. The Morgan fingerprint density at radius 2 is 2.20 bits per heavy atom. The van der Waals surface area contributed by atoms with Crippen molar-refractivity contribution < 1.29 is 9.53 Å². The van der Waals surface area contributed by atoms with E-state index in [0.29, 0.717) is 25.2 Å². The third kappa shape index (κ3) is 3.80. The number of nitrogens with one attached hydrogen (secondary N) is 1. The first kappa shape index (κ1) is 17.8. The lowest BCUT2D eigenvalue weighted by atomic mass is 10.1. The van der Waals surface area contributed by atoms with Gasteiger partial charge in [0.05, 0.1) is 12.1 Å². The Balaban J connectivity index is 1.63. The Kier molecular flexibility index (Phi) is 5.29. The predicted molar refractivity (Wildman–Crippen MR) is 93.4 cm³/mol. The van der Waals surface area contributed by atoms with Crippen LogP contribution in [-0.2, 0) is 16.0 Å². The van der Waals surface area contributed by atoms with Crippen LogP contribution in [0.2, 0.25) is 0 Å². The number of aryl methyl sites for hydroxylation is 2. The molecule has 1 saturated heterocycles. The van der Waals surface area contributed by atoms with E-state index in [-0.39, 0.29) is 18.1 Å². The largest absolute Gasteiger partial charge is 0.375 e. The first-order valence-electron chi connectivity index (χ1n) is 8.75. The fourth-order valence-corrected chi connectivity index (χ4v) is 3.52. The van der Waals surface area contributed by atoms with Gasteiger partial charge in [0.2, 0.25) is 5.91 Å². The number of carbonyl (C=O) groups is 1. The van der Waals surface area contributed by atoms with Crippen LogP contribution in [0.4, 0.5) is 0 Å². The lowest BCUT2D eigenvalue weighted by molar-refractivity contribution is -0.122. The number of hydrogen-bond acceptors (Lipinski definition) is 6. The Hall–Kier alpha value is -2.06. The quantitative estimate of drug-likeness (QED) is 0.820. The van der Waals surface area contributed by atoms with Crippen molar-refractivity contribution in [3.63, 3.8) is 0 Å². The minimum Gasteiger partial charge on any atom is -0.375 e. The molecule has 8 heteroatoms. The molecule has 2 aromatic heterocycles. The number of aromatic nitrogens is 4. The zero-order valence-electron chi connectivity index (χ0n) is 15.3. The van der Waals surface area contributed by atoms with Crippen LogP contribution in [-0.4, -0.2) is 69.3 Å². The van der Waals surface area contributed by atoms with E-state index < -0.39 is 0 Å². The molecule has 8 nitrogen and oxygen atoms in total. The molecule has 0 aliphatic carbocycles. The van der Waals surface area contributed by atoms with E-state index in [1.54, 1.807) is 4.52 Å². The Bertz CT molecular complexity index is 759. The van der Waals surface area contributed by atoms with Crippen LogP contribution in [0.5, 0.6) is 0 Å². The summed E-state index contributed by atoms with van der Waals surface area (Å²) in [7, 11) is 2.05. The van der Waals surface area contributed by atoms with E-state index in [9.17, 15) is 4.79 Å². The average Bonchev–Trinajstić information content (AvgIpc) is 3.14. The molecule has 0 bridgehead atoms. The number of likely N-dealkylation sites (tertiary alicyclic amines) is 1. The molecule has 0 saturated carbocycles. The van der Waals surface area contributed by atoms with Gasteiger partial charge in [-0.15, -0.1) is 0 Å². The fourth-order valence-electron chi connectivity index (χ4n) is 3.52. The summed E-state index contributed by atoms with van der Waals surface area (Å²) in [5.41, 5.74) is 2.94. The van der Waals surface area contributed by atoms with Gasteiger partial charge in [-0.2, -0.15) is 10.1 Å². The number of hydrogen-bond donors (Lipinski definition) is 1. The molecule has 1 aliphatic heterocycles. The second-order valence-electron chi connectivity index (χ2n) is 6.62. The van der Waals surface area contributed by atoms with Crippen LogP contribution >= 0.6 is 0 Å². The van der Waals surface area contributed by atoms with Crippen molar-refractivity contribution >= 4 is 11.7 Å². The number of ether oxygens (including phenoxy) is 1. The van der Waals surface area contributed by atoms with Gasteiger partial charge in [0.1, 0.15) is 6.33 Å². The van der Waals surface area contributed by atoms with Crippen LogP contribution in [0, 0.1) is 13.8 Å². The van der Waals surface area contributed by atoms with E-state index in [1.807, 2.05) is 27.8 Å². The number of fused-ring (bicyclic) bond motifs is 1. The zero-order valence-corrected chi connectivity index (χ0v) is 15.3. The van der Waals surface area contributed by atoms with Crippen molar-refractivity contribution in [3.05, 3.63) is 23.3 Å². The molecule has 0 unspecified atom stereocenters. The number of nitrogens with zero attached hydrogens (tertiary/aromatic N) is 5. The molecule has 1 fully saturated rings. The van der Waals surface area contributed by atoms with Crippen LogP contribution in [0.25, 0.3) is 5.78 Å². The predicted octanol–water partition coefficient (Wildman–Crippen LogP) is 0.509. The summed E-state index contributed by atoms with van der Waals surface area (Å²) in [4.78, 5) is 23.2. The lowest BCUT2D eigenvalue weighted by Crippen LogP contribution is -2.44. The van der Waals surface area contributed by atoms with Gasteiger partial charge in [0.15, 0.2) is 0 Å². The number of amides is 1. The van der Waals surface area contributed by atoms with Crippen molar-refractivity contribution in [2.45, 2.75) is 45.8 Å². The molecule has 3 rings (SSSR count). The van der Waals surface area contributed by atoms with Crippen molar-refractivity contribution in [3.8, 4) is 0 Å². The van der Waals surface area contributed by atoms with Gasteiger partial charge >= 0.3 is 0 Å². The summed E-state index contributed by atoms with van der Waals surface area (Å²) in [6, 6.07) is 0.0514. The summed E-state index contributed by atoms with van der Waals surface area (Å²) in [6.45, 7) is 8.25. The van der Waals surface area contributed by atoms with Crippen molar-refractivity contribution in [1.29, 1.82) is 0 Å². The maximum Gasteiger partial charge on any atom is 0.252 e. The SMILES string of the molecule is CCO[C@H]1CN(C)C[C@@H]1NC(=O)CCc1c(C)nc2ncnn2c1C. The number of carbonyl (C=O) groups excluding carboxylic acids is 1. The van der Waals surface area contributed by atoms with Gasteiger partial charge in [0.25, 0.3) is 5.78 Å². The van der Waals surface area contributed by atoms with Gasteiger partial charge < -0.3 is 15.0 Å². The van der Waals surface area contributed by atoms with Crippen LogP contribution < -0.4 is 5.32 Å². The Labute approximate surface area is 147 Å². The van der Waals surface area contributed by atoms with E-state index >= 15 is 0 Å². The molecule has 1 N–H and O–H groups in total.